The highest BCUT2D eigenvalue weighted by atomic mass is 31.2. The zero-order valence-corrected chi connectivity index (χ0v) is 20.8. The Morgan fingerprint density at radius 2 is 1.74 bits per heavy atom. The molecule has 1 N–H and O–H groups in total. The minimum absolute atomic E-state index is 0.000828. The number of aliphatic hydroxyl groups is 1. The van der Waals surface area contributed by atoms with Crippen LogP contribution in [0.1, 0.15) is 25.3 Å². The lowest BCUT2D eigenvalue weighted by Gasteiger charge is -2.29. The third-order valence-electron chi connectivity index (χ3n) is 4.84. The fourth-order valence-corrected chi connectivity index (χ4v) is 4.45. The normalized spacial score (nSPS) is 17.1. The van der Waals surface area contributed by atoms with Crippen molar-refractivity contribution in [3.63, 3.8) is 0 Å². The summed E-state index contributed by atoms with van der Waals surface area (Å²) < 4.78 is 38.1. The Bertz CT molecular complexity index is 950. The van der Waals surface area contributed by atoms with E-state index in [0.717, 1.165) is 5.56 Å². The first kappa shape index (κ1) is 27.5. The highest BCUT2D eigenvalue weighted by molar-refractivity contribution is 7.54. The van der Waals surface area contributed by atoms with Crippen LogP contribution in [0, 0.1) is 0 Å². The van der Waals surface area contributed by atoms with Crippen LogP contribution >= 0.6 is 7.67 Å². The Morgan fingerprint density at radius 3 is 2.26 bits per heavy atom. The van der Waals surface area contributed by atoms with E-state index in [4.69, 9.17) is 18.7 Å². The van der Waals surface area contributed by atoms with E-state index in [2.05, 4.69) is 0 Å². The minimum atomic E-state index is -3.68. The maximum atomic E-state index is 13.4. The monoisotopic (exact) mass is 498 g/mol. The van der Waals surface area contributed by atoms with Crippen LogP contribution in [0.25, 0.3) is 0 Å². The summed E-state index contributed by atoms with van der Waals surface area (Å²) >= 11 is 0. The molecule has 11 nitrogen and oxygen atoms in total. The molecule has 34 heavy (non-hydrogen) atoms. The van der Waals surface area contributed by atoms with Gasteiger partial charge < -0.3 is 28.6 Å². The average molecular weight is 498 g/mol. The van der Waals surface area contributed by atoms with E-state index in [0.29, 0.717) is 0 Å². The maximum Gasteiger partial charge on any atom is 0.395 e. The molecule has 1 heterocycles. The van der Waals surface area contributed by atoms with Gasteiger partial charge in [0, 0.05) is 6.42 Å². The largest absolute Gasteiger partial charge is 0.485 e. The molecule has 0 radical (unpaired) electrons. The lowest BCUT2D eigenvalue weighted by atomic mass is 10.1. The maximum absolute atomic E-state index is 13.4. The first-order valence-corrected chi connectivity index (χ1v) is 12.1. The highest BCUT2D eigenvalue weighted by Crippen LogP contribution is 2.54. The molecule has 2 rings (SSSR count). The van der Waals surface area contributed by atoms with Crippen LogP contribution in [-0.4, -0.2) is 79.2 Å². The quantitative estimate of drug-likeness (QED) is 0.316. The fourth-order valence-electron chi connectivity index (χ4n) is 3.00. The highest BCUT2D eigenvalue weighted by Gasteiger charge is 2.47. The topological polar surface area (TPSA) is 132 Å². The number of hydrogen-bond acceptors (Lipinski definition) is 9. The van der Waals surface area contributed by atoms with Gasteiger partial charge >= 0.3 is 19.6 Å². The van der Waals surface area contributed by atoms with Gasteiger partial charge in [0.25, 0.3) is 5.76 Å². The number of hydrogen-bond donors (Lipinski definition) is 1. The van der Waals surface area contributed by atoms with E-state index in [1.807, 2.05) is 6.07 Å². The Balaban J connectivity index is 2.39. The number of carbonyl (C=O) groups is 3. The average Bonchev–Trinajstić information content (AvgIpc) is 3.09. The molecule has 0 saturated heterocycles. The smallest absolute Gasteiger partial charge is 0.395 e. The third-order valence-corrected chi connectivity index (χ3v) is 7.28. The van der Waals surface area contributed by atoms with Gasteiger partial charge in [0.05, 0.1) is 13.0 Å². The number of ketones is 1. The third kappa shape index (κ3) is 6.89. The van der Waals surface area contributed by atoms with Gasteiger partial charge in [0.15, 0.2) is 11.9 Å². The second-order valence-electron chi connectivity index (χ2n) is 7.98. The molecule has 2 unspecified atom stereocenters. The second kappa shape index (κ2) is 12.1. The summed E-state index contributed by atoms with van der Waals surface area (Å²) in [5.74, 6) is -2.53. The molecule has 1 aliphatic rings. The Hall–Kier alpha value is -2.72. The number of nitrogens with zero attached hydrogens (tertiary/aromatic N) is 2. The lowest BCUT2D eigenvalue weighted by Crippen LogP contribution is -2.37. The minimum Gasteiger partial charge on any atom is -0.485 e. The zero-order valence-electron chi connectivity index (χ0n) is 19.9. The molecule has 1 aromatic rings. The molecule has 0 aliphatic carbocycles. The molecular formula is C22H31N2O9P. The van der Waals surface area contributed by atoms with Crippen LogP contribution < -0.4 is 0 Å². The summed E-state index contributed by atoms with van der Waals surface area (Å²) in [6, 6.07) is 9.03. The summed E-state index contributed by atoms with van der Waals surface area (Å²) in [5.41, 5.74) is 0.759. The molecule has 12 heteroatoms. The number of rotatable bonds is 13. The molecule has 1 aromatic carbocycles. The van der Waals surface area contributed by atoms with Crippen LogP contribution in [0.4, 0.5) is 0 Å². The summed E-state index contributed by atoms with van der Waals surface area (Å²) in [4.78, 5) is 36.1. The molecule has 0 saturated carbocycles. The van der Waals surface area contributed by atoms with Crippen LogP contribution in [0.5, 0.6) is 0 Å². The summed E-state index contributed by atoms with van der Waals surface area (Å²) in [5, 5.41) is 9.87. The fraction of sp³-hybridized carbons (Fsp3) is 0.500. The number of ether oxygens (including phenoxy) is 3. The Kier molecular flexibility index (Phi) is 9.81. The van der Waals surface area contributed by atoms with Crippen LogP contribution in [0.2, 0.25) is 0 Å². The number of aliphatic hydroxyl groups excluding tert-OH is 1. The van der Waals surface area contributed by atoms with E-state index in [1.54, 1.807) is 24.3 Å². The van der Waals surface area contributed by atoms with Gasteiger partial charge in [-0.2, -0.15) is 0 Å². The molecule has 0 bridgehead atoms. The van der Waals surface area contributed by atoms with Crippen molar-refractivity contribution < 1.29 is 42.8 Å². The number of esters is 2. The van der Waals surface area contributed by atoms with Gasteiger partial charge in [-0.05, 0) is 40.7 Å². The van der Waals surface area contributed by atoms with Crippen LogP contribution in [0.3, 0.4) is 0 Å². The van der Waals surface area contributed by atoms with E-state index in [9.17, 15) is 24.1 Å². The van der Waals surface area contributed by atoms with E-state index >= 15 is 0 Å². The van der Waals surface area contributed by atoms with Gasteiger partial charge in [-0.25, -0.2) is 18.7 Å². The predicted octanol–water partition coefficient (Wildman–Crippen LogP) is 1.86. The number of carbonyl (C=O) groups excluding carboxylic acids is 3. The number of benzene rings is 1. The molecule has 0 amide bonds. The summed E-state index contributed by atoms with van der Waals surface area (Å²) in [6.07, 6.45) is -2.89. The lowest BCUT2D eigenvalue weighted by molar-refractivity contribution is -0.166. The standard InChI is InChI=1S/C22H31N2O9P/c1-15(26)11-12-18(27)31-17(13-25)19-20(30-14-16-9-7-6-8-10-16)21(22(28)32-19)33-34(29,23(2)3)24(4)5/h6-10,17,19,25H,11-14H2,1-5H3. The van der Waals surface area contributed by atoms with E-state index < -0.39 is 44.2 Å². The van der Waals surface area contributed by atoms with Crippen LogP contribution in [0.15, 0.2) is 41.9 Å². The summed E-state index contributed by atoms with van der Waals surface area (Å²) in [7, 11) is 2.42. The molecule has 2 atom stereocenters. The molecular weight excluding hydrogens is 467 g/mol. The molecule has 0 aromatic heterocycles. The molecule has 1 aliphatic heterocycles. The van der Waals surface area contributed by atoms with Gasteiger partial charge in [-0.3, -0.25) is 4.79 Å². The van der Waals surface area contributed by atoms with Crippen molar-refractivity contribution in [2.24, 2.45) is 0 Å². The summed E-state index contributed by atoms with van der Waals surface area (Å²) in [6.45, 7) is 0.639. The Morgan fingerprint density at radius 1 is 1.12 bits per heavy atom. The zero-order chi connectivity index (χ0) is 25.5. The number of Topliss-reactive ketones (excluding diaryl/α,β-unsaturated/α-hetero) is 1. The molecule has 0 spiro atoms. The van der Waals surface area contributed by atoms with Crippen molar-refractivity contribution in [2.75, 3.05) is 34.8 Å². The number of cyclic esters (lactones) is 1. The predicted molar refractivity (Wildman–Crippen MR) is 121 cm³/mol. The van der Waals surface area contributed by atoms with E-state index in [-0.39, 0.29) is 31.0 Å². The van der Waals surface area contributed by atoms with Gasteiger partial charge in [-0.15, -0.1) is 0 Å². The first-order valence-electron chi connectivity index (χ1n) is 10.6. The van der Waals surface area contributed by atoms with E-state index in [1.165, 1.54) is 44.5 Å². The van der Waals surface area contributed by atoms with Gasteiger partial charge in [0.2, 0.25) is 6.10 Å². The first-order chi connectivity index (χ1) is 16.0. The molecule has 188 valence electrons. The van der Waals surface area contributed by atoms with Crippen molar-refractivity contribution in [1.29, 1.82) is 0 Å². The second-order valence-corrected chi connectivity index (χ2v) is 10.7. The van der Waals surface area contributed by atoms with Crippen molar-refractivity contribution in [1.82, 2.24) is 9.34 Å². The van der Waals surface area contributed by atoms with Crippen LogP contribution in [-0.2, 0) is 44.3 Å². The Labute approximate surface area is 198 Å². The van der Waals surface area contributed by atoms with Crippen molar-refractivity contribution >= 4 is 25.4 Å². The van der Waals surface area contributed by atoms with Gasteiger partial charge in [-0.1, -0.05) is 30.3 Å². The van der Waals surface area contributed by atoms with Gasteiger partial charge in [0.1, 0.15) is 12.4 Å². The van der Waals surface area contributed by atoms with Crippen molar-refractivity contribution in [3.8, 4) is 0 Å². The SMILES string of the molecule is CC(=O)CCC(=O)OC(CO)C1OC(=O)C(OP(=O)(N(C)C)N(C)C)=C1OCc1ccccc1. The van der Waals surface area contributed by atoms with Crippen molar-refractivity contribution in [2.45, 2.75) is 38.6 Å². The van der Waals surface area contributed by atoms with Crippen molar-refractivity contribution in [3.05, 3.63) is 47.4 Å². The molecule has 0 fully saturated rings.